The Balaban J connectivity index is 1.73. The van der Waals surface area contributed by atoms with E-state index in [1.54, 1.807) is 0 Å². The molecule has 3 rings (SSSR count). The maximum Gasteiger partial charge on any atom is 0.0711 e. The molecule has 2 heterocycles. The summed E-state index contributed by atoms with van der Waals surface area (Å²) in [6.07, 6.45) is 3.89. The summed E-state index contributed by atoms with van der Waals surface area (Å²) >= 11 is 0. The molecule has 0 bridgehead atoms. The first-order valence-electron chi connectivity index (χ1n) is 6.99. The number of hydrogen-bond donors (Lipinski definition) is 1. The molecule has 0 aliphatic carbocycles. The van der Waals surface area contributed by atoms with Crippen molar-refractivity contribution >= 4 is 11.2 Å². The van der Waals surface area contributed by atoms with Crippen molar-refractivity contribution in [1.29, 1.82) is 0 Å². The second-order valence-electron chi connectivity index (χ2n) is 5.33. The maximum atomic E-state index is 4.34. The number of nitrogens with one attached hydrogen (secondary N) is 1. The van der Waals surface area contributed by atoms with Gasteiger partial charge in [0.25, 0.3) is 0 Å². The predicted molar refractivity (Wildman–Crippen MR) is 83.0 cm³/mol. The number of fused-ring (bicyclic) bond motifs is 1. The van der Waals surface area contributed by atoms with Crippen LogP contribution >= 0.6 is 0 Å². The molecule has 1 aromatic carbocycles. The maximum absolute atomic E-state index is 4.34. The number of hydrogen-bond acceptors (Lipinski definition) is 2. The number of aromatic nitrogens is 2. The molecule has 3 nitrogen and oxygen atoms in total. The van der Waals surface area contributed by atoms with Gasteiger partial charge >= 0.3 is 0 Å². The summed E-state index contributed by atoms with van der Waals surface area (Å²) in [5, 5.41) is 7.80. The van der Waals surface area contributed by atoms with E-state index in [9.17, 15) is 0 Å². The Morgan fingerprint density at radius 2 is 1.90 bits per heavy atom. The molecule has 0 radical (unpaired) electrons. The van der Waals surface area contributed by atoms with Crippen LogP contribution in [0.5, 0.6) is 0 Å². The topological polar surface area (TPSA) is 29.3 Å². The standard InChI is InChI=1S/C17H19N3/c1-13(2)14-6-8-16(9-7-14)18-11-15-12-19-20-10-4-3-5-17(15)20/h3-10,12-13,18H,11H2,1-2H3. The van der Waals surface area contributed by atoms with Gasteiger partial charge in [0.1, 0.15) is 0 Å². The lowest BCUT2D eigenvalue weighted by atomic mass is 10.0. The largest absolute Gasteiger partial charge is 0.381 e. The lowest BCUT2D eigenvalue weighted by Crippen LogP contribution is -1.99. The zero-order valence-corrected chi connectivity index (χ0v) is 11.9. The molecule has 0 aliphatic rings. The van der Waals surface area contributed by atoms with Crippen molar-refractivity contribution in [3.63, 3.8) is 0 Å². The summed E-state index contributed by atoms with van der Waals surface area (Å²) in [6.45, 7) is 5.21. The lowest BCUT2D eigenvalue weighted by Gasteiger charge is -2.08. The Labute approximate surface area is 119 Å². The van der Waals surface area contributed by atoms with Gasteiger partial charge in [-0.15, -0.1) is 0 Å². The fraction of sp³-hybridized carbons (Fsp3) is 0.235. The highest BCUT2D eigenvalue weighted by atomic mass is 15.2. The number of anilines is 1. The number of benzene rings is 1. The van der Waals surface area contributed by atoms with Crippen molar-refractivity contribution in [1.82, 2.24) is 9.61 Å². The van der Waals surface area contributed by atoms with Gasteiger partial charge in [-0.3, -0.25) is 0 Å². The van der Waals surface area contributed by atoms with Gasteiger partial charge in [-0.25, -0.2) is 4.52 Å². The van der Waals surface area contributed by atoms with Crippen LogP contribution in [-0.2, 0) is 6.54 Å². The highest BCUT2D eigenvalue weighted by molar-refractivity contribution is 5.55. The van der Waals surface area contributed by atoms with Crippen molar-refractivity contribution in [2.45, 2.75) is 26.3 Å². The third-order valence-electron chi connectivity index (χ3n) is 3.57. The minimum Gasteiger partial charge on any atom is -0.381 e. The van der Waals surface area contributed by atoms with Gasteiger partial charge in [0, 0.05) is 24.0 Å². The Bertz CT molecular complexity index is 696. The molecule has 0 saturated heterocycles. The molecule has 102 valence electrons. The first-order valence-corrected chi connectivity index (χ1v) is 6.99. The monoisotopic (exact) mass is 265 g/mol. The van der Waals surface area contributed by atoms with Crippen LogP contribution in [0, 0.1) is 0 Å². The van der Waals surface area contributed by atoms with Gasteiger partial charge in [0.15, 0.2) is 0 Å². The molecule has 0 aliphatic heterocycles. The number of pyridine rings is 1. The first kappa shape index (κ1) is 12.7. The van der Waals surface area contributed by atoms with E-state index < -0.39 is 0 Å². The highest BCUT2D eigenvalue weighted by Gasteiger charge is 2.03. The van der Waals surface area contributed by atoms with Gasteiger partial charge in [-0.05, 0) is 35.7 Å². The zero-order chi connectivity index (χ0) is 13.9. The Hall–Kier alpha value is -2.29. The summed E-state index contributed by atoms with van der Waals surface area (Å²) in [5.74, 6) is 0.573. The second-order valence-corrected chi connectivity index (χ2v) is 5.33. The van der Waals surface area contributed by atoms with Crippen molar-refractivity contribution in [2.75, 3.05) is 5.32 Å². The minimum absolute atomic E-state index is 0.573. The van der Waals surface area contributed by atoms with Crippen LogP contribution in [0.15, 0.2) is 54.9 Å². The van der Waals surface area contributed by atoms with Crippen LogP contribution in [0.25, 0.3) is 5.52 Å². The molecule has 0 saturated carbocycles. The van der Waals surface area contributed by atoms with Crippen molar-refractivity contribution < 1.29 is 0 Å². The predicted octanol–water partition coefficient (Wildman–Crippen LogP) is 4.07. The van der Waals surface area contributed by atoms with Crippen LogP contribution in [0.1, 0.15) is 30.9 Å². The summed E-state index contributed by atoms with van der Waals surface area (Å²) < 4.78 is 1.90. The fourth-order valence-corrected chi connectivity index (χ4v) is 2.31. The lowest BCUT2D eigenvalue weighted by molar-refractivity contribution is 0.867. The Morgan fingerprint density at radius 3 is 2.65 bits per heavy atom. The average Bonchev–Trinajstić information content (AvgIpc) is 2.89. The fourth-order valence-electron chi connectivity index (χ4n) is 2.31. The molecule has 2 aromatic heterocycles. The summed E-state index contributed by atoms with van der Waals surface area (Å²) in [5.41, 5.74) is 4.87. The molecule has 0 unspecified atom stereocenters. The van der Waals surface area contributed by atoms with E-state index in [4.69, 9.17) is 0 Å². The molecular weight excluding hydrogens is 246 g/mol. The molecule has 0 spiro atoms. The van der Waals surface area contributed by atoms with Gasteiger partial charge in [0.05, 0.1) is 11.7 Å². The van der Waals surface area contributed by atoms with Crippen molar-refractivity contribution in [3.8, 4) is 0 Å². The number of rotatable bonds is 4. The number of nitrogens with zero attached hydrogens (tertiary/aromatic N) is 2. The molecule has 0 amide bonds. The Morgan fingerprint density at radius 1 is 1.10 bits per heavy atom. The van der Waals surface area contributed by atoms with E-state index in [1.807, 2.05) is 29.0 Å². The third kappa shape index (κ3) is 2.52. The minimum atomic E-state index is 0.573. The highest BCUT2D eigenvalue weighted by Crippen LogP contribution is 2.18. The molecule has 0 atom stereocenters. The van der Waals surface area contributed by atoms with E-state index in [2.05, 4.69) is 54.6 Å². The van der Waals surface area contributed by atoms with E-state index >= 15 is 0 Å². The van der Waals surface area contributed by atoms with Crippen LogP contribution in [0.3, 0.4) is 0 Å². The van der Waals surface area contributed by atoms with Crippen LogP contribution in [-0.4, -0.2) is 9.61 Å². The van der Waals surface area contributed by atoms with Gasteiger partial charge in [0.2, 0.25) is 0 Å². The van der Waals surface area contributed by atoms with E-state index in [-0.39, 0.29) is 0 Å². The van der Waals surface area contributed by atoms with E-state index in [0.717, 1.165) is 17.7 Å². The van der Waals surface area contributed by atoms with Gasteiger partial charge in [-0.1, -0.05) is 32.0 Å². The summed E-state index contributed by atoms with van der Waals surface area (Å²) in [7, 11) is 0. The van der Waals surface area contributed by atoms with Gasteiger partial charge in [-0.2, -0.15) is 5.10 Å². The SMILES string of the molecule is CC(C)c1ccc(NCc2cnn3ccccc23)cc1. The van der Waals surface area contributed by atoms with Crippen LogP contribution in [0.4, 0.5) is 5.69 Å². The van der Waals surface area contributed by atoms with Crippen LogP contribution in [0.2, 0.25) is 0 Å². The Kier molecular flexibility index (Phi) is 3.42. The second kappa shape index (κ2) is 5.37. The first-order chi connectivity index (χ1) is 9.74. The third-order valence-corrected chi connectivity index (χ3v) is 3.57. The van der Waals surface area contributed by atoms with Crippen molar-refractivity contribution in [2.24, 2.45) is 0 Å². The van der Waals surface area contributed by atoms with E-state index in [0.29, 0.717) is 5.92 Å². The smallest absolute Gasteiger partial charge is 0.0711 e. The molecule has 1 N–H and O–H groups in total. The summed E-state index contributed by atoms with van der Waals surface area (Å²) in [4.78, 5) is 0. The normalized spacial score (nSPS) is 11.2. The van der Waals surface area contributed by atoms with Gasteiger partial charge < -0.3 is 5.32 Å². The molecule has 3 heteroatoms. The summed E-state index contributed by atoms with van der Waals surface area (Å²) in [6, 6.07) is 14.8. The zero-order valence-electron chi connectivity index (χ0n) is 11.9. The molecular formula is C17H19N3. The molecule has 3 aromatic rings. The molecule has 0 fully saturated rings. The van der Waals surface area contributed by atoms with Crippen molar-refractivity contribution in [3.05, 3.63) is 66.0 Å². The quantitative estimate of drug-likeness (QED) is 0.770. The van der Waals surface area contributed by atoms with Crippen LogP contribution < -0.4 is 5.32 Å². The molecule has 20 heavy (non-hydrogen) atoms. The average molecular weight is 265 g/mol. The van der Waals surface area contributed by atoms with E-state index in [1.165, 1.54) is 11.1 Å².